The van der Waals surface area contributed by atoms with Crippen molar-refractivity contribution in [2.75, 3.05) is 0 Å². The minimum atomic E-state index is 1.19. The SMILES string of the molecule is Cc1ccc2c(c1)c1cccc(-c3ccccc3)c1n2-c1ccccc1.Cc1ccc2c3cccc(-c4ccccc4)c3n(-c3ccccc3)c2c1.Cc1cccc2c1c1cccc(-c3ccccc3)c1n2-c1ccccc1.Cc1cccc2c3ccc(-c4ccccc4)cc3n(-c3ccccc3)c12. The number of hydrogen-bond donors (Lipinski definition) is 0. The molecule has 0 aliphatic carbocycles. The lowest BCUT2D eigenvalue weighted by Gasteiger charge is -2.11. The molecule has 20 aromatic rings. The Morgan fingerprint density at radius 1 is 0.173 bits per heavy atom. The predicted octanol–water partition coefficient (Wildman–Crippen LogP) is 27.0. The summed E-state index contributed by atoms with van der Waals surface area (Å²) in [5.74, 6) is 0. The number of aryl methyl sites for hydroxylation is 4. The van der Waals surface area contributed by atoms with Gasteiger partial charge in [-0.2, -0.15) is 0 Å². The third-order valence-corrected chi connectivity index (χ3v) is 20.3. The van der Waals surface area contributed by atoms with Gasteiger partial charge in [-0.3, -0.25) is 0 Å². The average Bonchev–Trinajstić information content (AvgIpc) is 1.59. The molecule has 0 amide bonds. The molecule has 0 bridgehead atoms. The Labute approximate surface area is 607 Å². The average molecular weight is 1330 g/mol. The molecule has 496 valence electrons. The van der Waals surface area contributed by atoms with Crippen LogP contribution in [-0.2, 0) is 0 Å². The molecule has 0 spiro atoms. The van der Waals surface area contributed by atoms with Gasteiger partial charge in [-0.25, -0.2) is 0 Å². The molecule has 4 nitrogen and oxygen atoms in total. The van der Waals surface area contributed by atoms with Gasteiger partial charge >= 0.3 is 0 Å². The van der Waals surface area contributed by atoms with Crippen molar-refractivity contribution in [1.82, 2.24) is 18.3 Å². The maximum absolute atomic E-state index is 2.40. The largest absolute Gasteiger partial charge is 0.309 e. The van der Waals surface area contributed by atoms with Crippen LogP contribution >= 0.6 is 0 Å². The van der Waals surface area contributed by atoms with E-state index in [4.69, 9.17) is 0 Å². The third kappa shape index (κ3) is 11.9. The Balaban J connectivity index is 0.000000103. The maximum Gasteiger partial charge on any atom is 0.0619 e. The molecule has 0 saturated heterocycles. The lowest BCUT2D eigenvalue weighted by molar-refractivity contribution is 1.17. The number of para-hydroxylation sites is 8. The third-order valence-electron chi connectivity index (χ3n) is 20.3. The highest BCUT2D eigenvalue weighted by Crippen LogP contribution is 2.43. The van der Waals surface area contributed by atoms with Crippen molar-refractivity contribution in [3.05, 3.63) is 411 Å². The zero-order valence-corrected chi connectivity index (χ0v) is 58.7. The topological polar surface area (TPSA) is 19.7 Å². The van der Waals surface area contributed by atoms with Crippen molar-refractivity contribution in [3.8, 4) is 67.3 Å². The second kappa shape index (κ2) is 28.0. The van der Waals surface area contributed by atoms with E-state index in [0.29, 0.717) is 0 Å². The number of nitrogens with zero attached hydrogens (tertiary/aromatic N) is 4. The summed E-state index contributed by atoms with van der Waals surface area (Å²) in [7, 11) is 0. The molecule has 0 aliphatic rings. The van der Waals surface area contributed by atoms with Gasteiger partial charge in [0, 0.05) is 82.5 Å². The van der Waals surface area contributed by atoms with Gasteiger partial charge in [0.05, 0.1) is 44.1 Å². The fourth-order valence-corrected chi connectivity index (χ4v) is 15.6. The molecule has 0 saturated carbocycles. The van der Waals surface area contributed by atoms with E-state index in [1.165, 1.54) is 177 Å². The minimum Gasteiger partial charge on any atom is -0.309 e. The first-order chi connectivity index (χ1) is 51.3. The molecule has 0 aliphatic heterocycles. The molecule has 16 aromatic carbocycles. The van der Waals surface area contributed by atoms with Crippen LogP contribution in [0, 0.1) is 27.7 Å². The maximum atomic E-state index is 2.40. The molecule has 4 heterocycles. The van der Waals surface area contributed by atoms with Gasteiger partial charge in [-0.05, 0) is 151 Å². The van der Waals surface area contributed by atoms with Crippen molar-refractivity contribution in [3.63, 3.8) is 0 Å². The van der Waals surface area contributed by atoms with Crippen LogP contribution in [0.25, 0.3) is 154 Å². The van der Waals surface area contributed by atoms with Crippen molar-refractivity contribution >= 4 is 87.2 Å². The van der Waals surface area contributed by atoms with Crippen LogP contribution in [0.5, 0.6) is 0 Å². The standard InChI is InChI=1S/4C25H19N/c1-18-10-8-17-23-24(18)22-16-9-15-21(19-11-4-2-5-12-19)25(22)26(23)20-13-6-3-7-14-20;1-18-9-8-14-23-22-16-15-20(19-10-4-2-5-11-19)17-24(22)26(25(18)23)21-12-6-3-7-13-21;1-18-15-16-22-23-14-8-13-21(19-9-4-2-5-10-19)25(23)26(24(22)17-18)20-11-6-3-7-12-20;1-18-15-16-24-23(17-18)22-14-8-13-21(19-9-4-2-5-10-19)25(22)26(24)20-11-6-3-7-12-20/h4*2-17H,1H3. The zero-order valence-electron chi connectivity index (χ0n) is 58.7. The summed E-state index contributed by atoms with van der Waals surface area (Å²) in [6, 6.07) is 138. The summed E-state index contributed by atoms with van der Waals surface area (Å²) >= 11 is 0. The van der Waals surface area contributed by atoms with E-state index in [-0.39, 0.29) is 0 Å². The first kappa shape index (κ1) is 64.1. The Morgan fingerprint density at radius 2 is 0.510 bits per heavy atom. The van der Waals surface area contributed by atoms with Gasteiger partial charge < -0.3 is 18.3 Å². The number of rotatable bonds is 8. The Bertz CT molecular complexity index is 6360. The van der Waals surface area contributed by atoms with Gasteiger partial charge in [0.25, 0.3) is 0 Å². The number of aromatic nitrogens is 4. The fourth-order valence-electron chi connectivity index (χ4n) is 15.6. The lowest BCUT2D eigenvalue weighted by atomic mass is 10.0. The highest BCUT2D eigenvalue weighted by atomic mass is 15.0. The van der Waals surface area contributed by atoms with Gasteiger partial charge in [-0.15, -0.1) is 0 Å². The quantitative estimate of drug-likeness (QED) is 0.144. The molecule has 4 aromatic heterocycles. The van der Waals surface area contributed by atoms with E-state index in [9.17, 15) is 0 Å². The Hall–Kier alpha value is -13.3. The molecule has 0 radical (unpaired) electrons. The second-order valence-corrected chi connectivity index (χ2v) is 27.0. The van der Waals surface area contributed by atoms with E-state index in [0.717, 1.165) is 0 Å². The van der Waals surface area contributed by atoms with Crippen LogP contribution in [0.4, 0.5) is 0 Å². The molecule has 20 rings (SSSR count). The number of fused-ring (bicyclic) bond motifs is 12. The van der Waals surface area contributed by atoms with Crippen LogP contribution in [0.15, 0.2) is 388 Å². The molecule has 0 atom stereocenters. The van der Waals surface area contributed by atoms with Gasteiger partial charge in [0.15, 0.2) is 0 Å². The van der Waals surface area contributed by atoms with Gasteiger partial charge in [0.1, 0.15) is 0 Å². The molecule has 0 fully saturated rings. The van der Waals surface area contributed by atoms with Crippen molar-refractivity contribution < 1.29 is 0 Å². The fraction of sp³-hybridized carbons (Fsp3) is 0.0400. The summed E-state index contributed by atoms with van der Waals surface area (Å²) in [5.41, 5.74) is 30.1. The summed E-state index contributed by atoms with van der Waals surface area (Å²) < 4.78 is 9.60. The lowest BCUT2D eigenvalue weighted by Crippen LogP contribution is -1.95. The summed E-state index contributed by atoms with van der Waals surface area (Å²) in [6.07, 6.45) is 0. The van der Waals surface area contributed by atoms with Crippen LogP contribution in [0.1, 0.15) is 22.3 Å². The smallest absolute Gasteiger partial charge is 0.0619 e. The van der Waals surface area contributed by atoms with E-state index in [2.05, 4.69) is 434 Å². The number of benzene rings is 16. The van der Waals surface area contributed by atoms with E-state index in [1.807, 2.05) is 0 Å². The first-order valence-electron chi connectivity index (χ1n) is 35.9. The van der Waals surface area contributed by atoms with Crippen LogP contribution in [-0.4, -0.2) is 18.3 Å². The molecule has 104 heavy (non-hydrogen) atoms. The van der Waals surface area contributed by atoms with E-state index in [1.54, 1.807) is 0 Å². The second-order valence-electron chi connectivity index (χ2n) is 27.0. The minimum absolute atomic E-state index is 1.19. The highest BCUT2D eigenvalue weighted by molar-refractivity contribution is 6.17. The molecule has 0 unspecified atom stereocenters. The van der Waals surface area contributed by atoms with Crippen molar-refractivity contribution in [1.29, 1.82) is 0 Å². The Kier molecular flexibility index (Phi) is 17.3. The summed E-state index contributed by atoms with van der Waals surface area (Å²) in [6.45, 7) is 8.71. The molecular weight excluding hydrogens is 1260 g/mol. The molecule has 4 heteroatoms. The van der Waals surface area contributed by atoms with Crippen molar-refractivity contribution in [2.24, 2.45) is 0 Å². The first-order valence-corrected chi connectivity index (χ1v) is 35.9. The normalized spacial score (nSPS) is 11.3. The van der Waals surface area contributed by atoms with E-state index < -0.39 is 0 Å². The summed E-state index contributed by atoms with van der Waals surface area (Å²) in [4.78, 5) is 0. The monoisotopic (exact) mass is 1330 g/mol. The number of hydrogen-bond acceptors (Lipinski definition) is 0. The predicted molar refractivity (Wildman–Crippen MR) is 444 cm³/mol. The van der Waals surface area contributed by atoms with Gasteiger partial charge in [0.2, 0.25) is 0 Å². The molecule has 0 N–H and O–H groups in total. The van der Waals surface area contributed by atoms with Crippen molar-refractivity contribution in [2.45, 2.75) is 27.7 Å². The Morgan fingerprint density at radius 3 is 1.00 bits per heavy atom. The summed E-state index contributed by atoms with van der Waals surface area (Å²) in [5, 5.41) is 10.5. The van der Waals surface area contributed by atoms with Crippen LogP contribution < -0.4 is 0 Å². The van der Waals surface area contributed by atoms with Gasteiger partial charge in [-0.1, -0.05) is 315 Å². The van der Waals surface area contributed by atoms with Crippen LogP contribution in [0.3, 0.4) is 0 Å². The van der Waals surface area contributed by atoms with E-state index >= 15 is 0 Å². The van der Waals surface area contributed by atoms with Crippen LogP contribution in [0.2, 0.25) is 0 Å². The highest BCUT2D eigenvalue weighted by Gasteiger charge is 2.21. The zero-order chi connectivity index (χ0) is 70.0. The molecular formula is C100H76N4.